The number of rotatable bonds is 6. The zero-order chi connectivity index (χ0) is 35.1. The number of hydrogen-bond donors (Lipinski definition) is 0. The number of furan rings is 1. The van der Waals surface area contributed by atoms with Gasteiger partial charge in [-0.05, 0) is 98.8 Å². The quantitative estimate of drug-likeness (QED) is 0.176. The van der Waals surface area contributed by atoms with Gasteiger partial charge in [0.05, 0.1) is 11.4 Å². The molecule has 3 nitrogen and oxygen atoms in total. The van der Waals surface area contributed by atoms with Crippen molar-refractivity contribution in [1.82, 2.24) is 9.97 Å². The van der Waals surface area contributed by atoms with Crippen LogP contribution in [0.2, 0.25) is 0 Å². The molecule has 0 aliphatic carbocycles. The lowest BCUT2D eigenvalue weighted by atomic mass is 9.93. The third-order valence-electron chi connectivity index (χ3n) is 10.0. The van der Waals surface area contributed by atoms with Crippen molar-refractivity contribution < 1.29 is 4.42 Å². The average molecular weight is 677 g/mol. The summed E-state index contributed by atoms with van der Waals surface area (Å²) >= 11 is 0. The highest BCUT2D eigenvalue weighted by Crippen LogP contribution is 2.39. The first-order chi connectivity index (χ1) is 26.2. The van der Waals surface area contributed by atoms with Crippen molar-refractivity contribution in [2.24, 2.45) is 0 Å². The first-order valence-corrected chi connectivity index (χ1v) is 17.9. The summed E-state index contributed by atoms with van der Waals surface area (Å²) in [7, 11) is 0. The monoisotopic (exact) mass is 676 g/mol. The largest absolute Gasteiger partial charge is 0.456 e. The second-order valence-electron chi connectivity index (χ2n) is 13.4. The van der Waals surface area contributed by atoms with Gasteiger partial charge in [-0.2, -0.15) is 0 Å². The van der Waals surface area contributed by atoms with Gasteiger partial charge in [0.1, 0.15) is 11.2 Å². The van der Waals surface area contributed by atoms with Crippen molar-refractivity contribution in [2.75, 3.05) is 0 Å². The van der Waals surface area contributed by atoms with Crippen LogP contribution in [-0.2, 0) is 0 Å². The van der Waals surface area contributed by atoms with E-state index < -0.39 is 0 Å². The molecule has 0 aliphatic heterocycles. The Morgan fingerprint density at radius 2 is 0.792 bits per heavy atom. The summed E-state index contributed by atoms with van der Waals surface area (Å²) in [5.41, 5.74) is 13.4. The molecule has 0 saturated heterocycles. The SMILES string of the molecule is c1ccc(-c2cc(-c3ccc4oc5cc6ccc(-c7ccccc7)cc6cc5c4c3)cc(-c3cc(-c4ccccc4)nc(-c4ccccc4)n3)c2)cc1. The Hall–Kier alpha value is -7.10. The Balaban J connectivity index is 1.15. The van der Waals surface area contributed by atoms with Crippen LogP contribution in [0.15, 0.2) is 199 Å². The number of fused-ring (bicyclic) bond motifs is 4. The molecular weight excluding hydrogens is 645 g/mol. The third kappa shape index (κ3) is 5.85. The zero-order valence-corrected chi connectivity index (χ0v) is 28.8. The van der Waals surface area contributed by atoms with Crippen LogP contribution in [0.25, 0.3) is 100.0 Å². The van der Waals surface area contributed by atoms with E-state index in [-0.39, 0.29) is 0 Å². The van der Waals surface area contributed by atoms with Crippen LogP contribution in [0.1, 0.15) is 0 Å². The first kappa shape index (κ1) is 30.7. The lowest BCUT2D eigenvalue weighted by Crippen LogP contribution is -1.96. The van der Waals surface area contributed by atoms with Crippen LogP contribution in [0.5, 0.6) is 0 Å². The topological polar surface area (TPSA) is 38.9 Å². The van der Waals surface area contributed by atoms with Crippen molar-refractivity contribution >= 4 is 32.7 Å². The second kappa shape index (κ2) is 12.9. The highest BCUT2D eigenvalue weighted by molar-refractivity contribution is 6.11. The number of nitrogens with zero attached hydrogens (tertiary/aromatic N) is 2. The summed E-state index contributed by atoms with van der Waals surface area (Å²) in [6.07, 6.45) is 0. The summed E-state index contributed by atoms with van der Waals surface area (Å²) in [6, 6.07) is 68.1. The van der Waals surface area contributed by atoms with Crippen LogP contribution in [-0.4, -0.2) is 9.97 Å². The molecule has 8 aromatic carbocycles. The predicted octanol–water partition coefficient (Wildman–Crippen LogP) is 13.5. The number of benzene rings is 8. The summed E-state index contributed by atoms with van der Waals surface area (Å²) in [6.45, 7) is 0. The molecule has 0 bridgehead atoms. The molecule has 3 heteroatoms. The molecule has 10 rings (SSSR count). The molecule has 2 aromatic heterocycles. The van der Waals surface area contributed by atoms with E-state index in [1.54, 1.807) is 0 Å². The Kier molecular flexibility index (Phi) is 7.47. The maximum atomic E-state index is 6.45. The molecular formula is C50H32N2O. The van der Waals surface area contributed by atoms with Gasteiger partial charge >= 0.3 is 0 Å². The molecule has 53 heavy (non-hydrogen) atoms. The van der Waals surface area contributed by atoms with E-state index in [9.17, 15) is 0 Å². The molecule has 0 spiro atoms. The Labute approximate surface area is 307 Å². The molecule has 0 amide bonds. The Morgan fingerprint density at radius 1 is 0.283 bits per heavy atom. The normalized spacial score (nSPS) is 11.4. The minimum absolute atomic E-state index is 0.697. The fourth-order valence-corrected chi connectivity index (χ4v) is 7.32. The van der Waals surface area contributed by atoms with Gasteiger partial charge in [-0.15, -0.1) is 0 Å². The maximum Gasteiger partial charge on any atom is 0.160 e. The standard InChI is InChI=1S/C50H32N2O/c1-5-13-33(14-6-1)37-21-22-39-31-49-45(30-42(39)25-37)44-29-38(23-24-48(44)53-49)41-26-40(34-15-7-2-8-16-34)27-43(28-41)47-32-46(35-17-9-3-10-18-35)51-50(52-47)36-19-11-4-12-20-36/h1-32H. The second-order valence-corrected chi connectivity index (χ2v) is 13.4. The van der Waals surface area contributed by atoms with Crippen molar-refractivity contribution in [3.05, 3.63) is 194 Å². The van der Waals surface area contributed by atoms with Crippen LogP contribution >= 0.6 is 0 Å². The molecule has 248 valence electrons. The van der Waals surface area contributed by atoms with E-state index in [2.05, 4.69) is 158 Å². The fourth-order valence-electron chi connectivity index (χ4n) is 7.32. The van der Waals surface area contributed by atoms with Gasteiger partial charge < -0.3 is 4.42 Å². The molecule has 0 unspecified atom stereocenters. The minimum Gasteiger partial charge on any atom is -0.456 e. The Morgan fingerprint density at radius 3 is 1.47 bits per heavy atom. The van der Waals surface area contributed by atoms with E-state index in [0.29, 0.717) is 5.82 Å². The fraction of sp³-hybridized carbons (Fsp3) is 0. The summed E-state index contributed by atoms with van der Waals surface area (Å²) in [5, 5.41) is 4.55. The lowest BCUT2D eigenvalue weighted by Gasteiger charge is -2.13. The van der Waals surface area contributed by atoms with Crippen molar-refractivity contribution in [3.63, 3.8) is 0 Å². The molecule has 0 atom stereocenters. The van der Waals surface area contributed by atoms with Crippen LogP contribution in [0.4, 0.5) is 0 Å². The molecule has 0 fully saturated rings. The van der Waals surface area contributed by atoms with Crippen LogP contribution in [0, 0.1) is 0 Å². The van der Waals surface area contributed by atoms with E-state index in [1.807, 2.05) is 36.4 Å². The Bertz CT molecular complexity index is 2860. The minimum atomic E-state index is 0.697. The van der Waals surface area contributed by atoms with Crippen LogP contribution < -0.4 is 0 Å². The predicted molar refractivity (Wildman–Crippen MR) is 219 cm³/mol. The third-order valence-corrected chi connectivity index (χ3v) is 10.0. The summed E-state index contributed by atoms with van der Waals surface area (Å²) in [4.78, 5) is 10.2. The van der Waals surface area contributed by atoms with Crippen molar-refractivity contribution in [3.8, 4) is 67.3 Å². The van der Waals surface area contributed by atoms with Crippen molar-refractivity contribution in [2.45, 2.75) is 0 Å². The summed E-state index contributed by atoms with van der Waals surface area (Å²) in [5.74, 6) is 0.697. The van der Waals surface area contributed by atoms with E-state index in [1.165, 1.54) is 16.5 Å². The lowest BCUT2D eigenvalue weighted by molar-refractivity contribution is 0.669. The van der Waals surface area contributed by atoms with Gasteiger partial charge in [0.25, 0.3) is 0 Å². The maximum absolute atomic E-state index is 6.45. The number of hydrogen-bond acceptors (Lipinski definition) is 3. The van der Waals surface area contributed by atoms with E-state index in [4.69, 9.17) is 14.4 Å². The molecule has 10 aromatic rings. The highest BCUT2D eigenvalue weighted by Gasteiger charge is 2.15. The van der Waals surface area contributed by atoms with Gasteiger partial charge in [-0.1, -0.05) is 140 Å². The van der Waals surface area contributed by atoms with Gasteiger partial charge in [0.15, 0.2) is 5.82 Å². The average Bonchev–Trinajstić information content (AvgIpc) is 3.60. The van der Waals surface area contributed by atoms with Gasteiger partial charge in [0.2, 0.25) is 0 Å². The summed E-state index contributed by atoms with van der Waals surface area (Å²) < 4.78 is 6.45. The number of aromatic nitrogens is 2. The van der Waals surface area contributed by atoms with Crippen LogP contribution in [0.3, 0.4) is 0 Å². The first-order valence-electron chi connectivity index (χ1n) is 17.9. The van der Waals surface area contributed by atoms with E-state index >= 15 is 0 Å². The van der Waals surface area contributed by atoms with Gasteiger partial charge in [-0.25, -0.2) is 9.97 Å². The molecule has 0 aliphatic rings. The molecule has 0 radical (unpaired) electrons. The van der Waals surface area contributed by atoms with E-state index in [0.717, 1.165) is 77.7 Å². The van der Waals surface area contributed by atoms with Crippen molar-refractivity contribution in [1.29, 1.82) is 0 Å². The van der Waals surface area contributed by atoms with Gasteiger partial charge in [-0.3, -0.25) is 0 Å². The zero-order valence-electron chi connectivity index (χ0n) is 28.8. The van der Waals surface area contributed by atoms with Gasteiger partial charge in [0, 0.05) is 27.5 Å². The highest BCUT2D eigenvalue weighted by atomic mass is 16.3. The smallest absolute Gasteiger partial charge is 0.160 e. The molecule has 0 N–H and O–H groups in total. The molecule has 2 heterocycles. The molecule has 0 saturated carbocycles.